The summed E-state index contributed by atoms with van der Waals surface area (Å²) in [4.78, 5) is 26.0. The van der Waals surface area contributed by atoms with Crippen LogP contribution < -0.4 is 5.32 Å². The SMILES string of the molecule is CC[C@@H](C)NC(=O)CCN(C(=O)c1ccoc1)[C@H](C)CC. The zero-order chi connectivity index (χ0) is 15.8. The monoisotopic (exact) mass is 294 g/mol. The highest BCUT2D eigenvalue weighted by molar-refractivity contribution is 5.94. The molecular formula is C16H26N2O3. The van der Waals surface area contributed by atoms with Crippen LogP contribution >= 0.6 is 0 Å². The fourth-order valence-corrected chi connectivity index (χ4v) is 1.97. The molecule has 5 nitrogen and oxygen atoms in total. The van der Waals surface area contributed by atoms with Crippen molar-refractivity contribution in [2.75, 3.05) is 6.54 Å². The first-order valence-electron chi connectivity index (χ1n) is 7.62. The summed E-state index contributed by atoms with van der Waals surface area (Å²) in [5, 5.41) is 2.92. The van der Waals surface area contributed by atoms with Gasteiger partial charge < -0.3 is 14.6 Å². The molecule has 0 aliphatic rings. The first-order chi connectivity index (χ1) is 9.99. The van der Waals surface area contributed by atoms with Crippen LogP contribution in [0.15, 0.2) is 23.0 Å². The van der Waals surface area contributed by atoms with Gasteiger partial charge in [0, 0.05) is 25.0 Å². The Bertz CT molecular complexity index is 442. The van der Waals surface area contributed by atoms with Crippen LogP contribution in [0.5, 0.6) is 0 Å². The summed E-state index contributed by atoms with van der Waals surface area (Å²) in [6.07, 6.45) is 4.98. The van der Waals surface area contributed by atoms with Crippen LogP contribution in [0, 0.1) is 0 Å². The van der Waals surface area contributed by atoms with Gasteiger partial charge in [-0.1, -0.05) is 13.8 Å². The van der Waals surface area contributed by atoms with Gasteiger partial charge in [-0.25, -0.2) is 0 Å². The Morgan fingerprint density at radius 2 is 2.00 bits per heavy atom. The number of hydrogen-bond donors (Lipinski definition) is 1. The number of rotatable bonds is 8. The highest BCUT2D eigenvalue weighted by atomic mass is 16.3. The molecule has 1 aromatic rings. The predicted molar refractivity (Wildman–Crippen MR) is 82.0 cm³/mol. The van der Waals surface area contributed by atoms with Crippen molar-refractivity contribution in [1.82, 2.24) is 10.2 Å². The number of nitrogens with zero attached hydrogens (tertiary/aromatic N) is 1. The third kappa shape index (κ3) is 5.25. The third-order valence-electron chi connectivity index (χ3n) is 3.75. The van der Waals surface area contributed by atoms with Crippen LogP contribution in [-0.2, 0) is 4.79 Å². The molecule has 0 aliphatic heterocycles. The molecule has 0 fully saturated rings. The van der Waals surface area contributed by atoms with Crippen LogP contribution in [-0.4, -0.2) is 35.3 Å². The molecule has 2 atom stereocenters. The Balaban J connectivity index is 2.63. The van der Waals surface area contributed by atoms with E-state index in [1.165, 1.54) is 12.5 Å². The minimum Gasteiger partial charge on any atom is -0.472 e. The zero-order valence-electron chi connectivity index (χ0n) is 13.4. The second-order valence-electron chi connectivity index (χ2n) is 5.39. The molecule has 0 spiro atoms. The van der Waals surface area contributed by atoms with Crippen LogP contribution in [0.25, 0.3) is 0 Å². The molecule has 0 unspecified atom stereocenters. The number of carbonyl (C=O) groups is 2. The Kier molecular flexibility index (Phi) is 6.99. The number of amides is 2. The van der Waals surface area contributed by atoms with Gasteiger partial charge >= 0.3 is 0 Å². The van der Waals surface area contributed by atoms with Crippen molar-refractivity contribution in [1.29, 1.82) is 0 Å². The Morgan fingerprint density at radius 3 is 2.52 bits per heavy atom. The second kappa shape index (κ2) is 8.49. The van der Waals surface area contributed by atoms with Crippen molar-refractivity contribution >= 4 is 11.8 Å². The fraction of sp³-hybridized carbons (Fsp3) is 0.625. The smallest absolute Gasteiger partial charge is 0.257 e. The average molecular weight is 294 g/mol. The van der Waals surface area contributed by atoms with Gasteiger partial charge in [0.1, 0.15) is 6.26 Å². The Hall–Kier alpha value is -1.78. The van der Waals surface area contributed by atoms with Crippen molar-refractivity contribution in [2.45, 2.75) is 59.0 Å². The molecule has 118 valence electrons. The summed E-state index contributed by atoms with van der Waals surface area (Å²) >= 11 is 0. The lowest BCUT2D eigenvalue weighted by Gasteiger charge is -2.28. The lowest BCUT2D eigenvalue weighted by atomic mass is 10.1. The van der Waals surface area contributed by atoms with Crippen LogP contribution in [0.1, 0.15) is 57.3 Å². The van der Waals surface area contributed by atoms with Gasteiger partial charge in [0.25, 0.3) is 5.91 Å². The molecule has 0 aromatic carbocycles. The molecule has 2 amide bonds. The summed E-state index contributed by atoms with van der Waals surface area (Å²) in [7, 11) is 0. The third-order valence-corrected chi connectivity index (χ3v) is 3.75. The molecule has 0 radical (unpaired) electrons. The van der Waals surface area contributed by atoms with Gasteiger partial charge in [-0.3, -0.25) is 9.59 Å². The highest BCUT2D eigenvalue weighted by Crippen LogP contribution is 2.12. The first-order valence-corrected chi connectivity index (χ1v) is 7.62. The quantitative estimate of drug-likeness (QED) is 0.802. The summed E-state index contributed by atoms with van der Waals surface area (Å²) < 4.78 is 4.97. The molecule has 1 aromatic heterocycles. The fourth-order valence-electron chi connectivity index (χ4n) is 1.97. The van der Waals surface area contributed by atoms with Crippen LogP contribution in [0.4, 0.5) is 0 Å². The summed E-state index contributed by atoms with van der Waals surface area (Å²) in [5.74, 6) is -0.105. The van der Waals surface area contributed by atoms with E-state index in [2.05, 4.69) is 5.32 Å². The van der Waals surface area contributed by atoms with Gasteiger partial charge in [-0.2, -0.15) is 0 Å². The average Bonchev–Trinajstić information content (AvgIpc) is 3.00. The number of nitrogens with one attached hydrogen (secondary N) is 1. The standard InChI is InChI=1S/C16H26N2O3/c1-5-12(3)17-15(19)7-9-18(13(4)6-2)16(20)14-8-10-21-11-14/h8,10-13H,5-7,9H2,1-4H3,(H,17,19)/t12-,13-/m1/s1. The Labute approximate surface area is 126 Å². The maximum Gasteiger partial charge on any atom is 0.257 e. The topological polar surface area (TPSA) is 62.6 Å². The molecule has 0 saturated heterocycles. The first kappa shape index (κ1) is 17.3. The second-order valence-corrected chi connectivity index (χ2v) is 5.39. The van der Waals surface area contributed by atoms with Crippen molar-refractivity contribution < 1.29 is 14.0 Å². The normalized spacial score (nSPS) is 13.5. The largest absolute Gasteiger partial charge is 0.472 e. The van der Waals surface area contributed by atoms with Crippen molar-refractivity contribution in [2.24, 2.45) is 0 Å². The van der Waals surface area contributed by atoms with Crippen molar-refractivity contribution in [3.63, 3.8) is 0 Å². The number of carbonyl (C=O) groups excluding carboxylic acids is 2. The molecule has 0 saturated carbocycles. The zero-order valence-corrected chi connectivity index (χ0v) is 13.4. The predicted octanol–water partition coefficient (Wildman–Crippen LogP) is 2.83. The molecule has 5 heteroatoms. The van der Waals surface area contributed by atoms with E-state index in [0.29, 0.717) is 18.5 Å². The number of hydrogen-bond acceptors (Lipinski definition) is 3. The molecule has 0 bridgehead atoms. The lowest BCUT2D eigenvalue weighted by molar-refractivity contribution is -0.121. The van der Waals surface area contributed by atoms with Gasteiger partial charge in [0.15, 0.2) is 0 Å². The van der Waals surface area contributed by atoms with Crippen molar-refractivity contribution in [3.05, 3.63) is 24.2 Å². The maximum atomic E-state index is 12.4. The van der Waals surface area contributed by atoms with Crippen LogP contribution in [0.3, 0.4) is 0 Å². The molecule has 21 heavy (non-hydrogen) atoms. The summed E-state index contributed by atoms with van der Waals surface area (Å²) in [6, 6.07) is 1.90. The van der Waals surface area contributed by atoms with Crippen molar-refractivity contribution in [3.8, 4) is 0 Å². The van der Waals surface area contributed by atoms with E-state index in [-0.39, 0.29) is 23.9 Å². The Morgan fingerprint density at radius 1 is 1.29 bits per heavy atom. The van der Waals surface area contributed by atoms with Gasteiger partial charge in [-0.05, 0) is 32.8 Å². The van der Waals surface area contributed by atoms with Crippen LogP contribution in [0.2, 0.25) is 0 Å². The van der Waals surface area contributed by atoms with E-state index in [4.69, 9.17) is 4.42 Å². The minimum atomic E-state index is -0.0885. The summed E-state index contributed by atoms with van der Waals surface area (Å²) in [6.45, 7) is 8.44. The van der Waals surface area contributed by atoms with E-state index >= 15 is 0 Å². The highest BCUT2D eigenvalue weighted by Gasteiger charge is 2.22. The molecule has 1 rings (SSSR count). The molecule has 1 N–H and O–H groups in total. The van der Waals surface area contributed by atoms with Gasteiger partial charge in [0.2, 0.25) is 5.91 Å². The molecule has 0 aliphatic carbocycles. The van der Waals surface area contributed by atoms with E-state index in [9.17, 15) is 9.59 Å². The minimum absolute atomic E-state index is 0.0161. The van der Waals surface area contributed by atoms with Gasteiger partial charge in [-0.15, -0.1) is 0 Å². The van der Waals surface area contributed by atoms with E-state index in [1.54, 1.807) is 11.0 Å². The van der Waals surface area contributed by atoms with E-state index < -0.39 is 0 Å². The molecular weight excluding hydrogens is 268 g/mol. The van der Waals surface area contributed by atoms with E-state index in [1.807, 2.05) is 27.7 Å². The summed E-state index contributed by atoms with van der Waals surface area (Å²) in [5.41, 5.74) is 0.526. The maximum absolute atomic E-state index is 12.4. The lowest BCUT2D eigenvalue weighted by Crippen LogP contribution is -2.41. The number of furan rings is 1. The van der Waals surface area contributed by atoms with Gasteiger partial charge in [0.05, 0.1) is 11.8 Å². The van der Waals surface area contributed by atoms with E-state index in [0.717, 1.165) is 12.8 Å². The molecule has 1 heterocycles.